The quantitative estimate of drug-likeness (QED) is 0.721. The van der Waals surface area contributed by atoms with E-state index in [1.54, 1.807) is 0 Å². The second-order valence-electron chi connectivity index (χ2n) is 3.08. The molecule has 0 amide bonds. The molecule has 2 atom stereocenters. The van der Waals surface area contributed by atoms with Crippen LogP contribution in [-0.2, 0) is 4.79 Å². The van der Waals surface area contributed by atoms with E-state index in [1.165, 1.54) is 0 Å². The average Bonchev–Trinajstić information content (AvgIpc) is 2.30. The summed E-state index contributed by atoms with van der Waals surface area (Å²) >= 11 is -1.06. The van der Waals surface area contributed by atoms with Crippen LogP contribution < -0.4 is 0 Å². The van der Waals surface area contributed by atoms with Gasteiger partial charge in [-0.3, -0.25) is 4.79 Å². The van der Waals surface area contributed by atoms with Gasteiger partial charge in [-0.05, 0) is 36.4 Å². The number of halogens is 6. The Morgan fingerprint density at radius 2 is 1.19 bits per heavy atom. The molecule has 94 valence electrons. The Kier molecular flexibility index (Phi) is 4.09. The lowest BCUT2D eigenvalue weighted by Crippen LogP contribution is -2.23. The van der Waals surface area contributed by atoms with Crippen LogP contribution in [0.4, 0.5) is 26.3 Å². The number of hydrogen-bond donors (Lipinski definition) is 0. The van der Waals surface area contributed by atoms with E-state index in [2.05, 4.69) is 0 Å². The Labute approximate surface area is 95.3 Å². The van der Waals surface area contributed by atoms with Gasteiger partial charge in [0.2, 0.25) is 0 Å². The SMILES string of the molecule is O=C1C(SC(F)(F)F)CCC1SC(F)(F)F. The summed E-state index contributed by atoms with van der Waals surface area (Å²) in [5, 5.41) is -2.78. The van der Waals surface area contributed by atoms with Crippen molar-refractivity contribution in [3.05, 3.63) is 0 Å². The normalized spacial score (nSPS) is 27.5. The summed E-state index contributed by atoms with van der Waals surface area (Å²) in [6.45, 7) is 0. The van der Waals surface area contributed by atoms with Crippen LogP contribution in [0, 0.1) is 0 Å². The second kappa shape index (κ2) is 4.67. The van der Waals surface area contributed by atoms with Crippen LogP contribution in [0.2, 0.25) is 0 Å². The molecule has 1 saturated carbocycles. The Morgan fingerprint density at radius 1 is 0.875 bits per heavy atom. The van der Waals surface area contributed by atoms with Crippen molar-refractivity contribution in [3.8, 4) is 0 Å². The molecule has 0 aromatic heterocycles. The number of carbonyl (C=O) groups excluding carboxylic acids is 1. The fourth-order valence-corrected chi connectivity index (χ4v) is 3.15. The third-order valence-electron chi connectivity index (χ3n) is 1.88. The molecule has 0 aromatic rings. The lowest BCUT2D eigenvalue weighted by Gasteiger charge is -2.13. The molecule has 2 unspecified atom stereocenters. The van der Waals surface area contributed by atoms with Crippen LogP contribution in [-0.4, -0.2) is 27.3 Å². The van der Waals surface area contributed by atoms with E-state index >= 15 is 0 Å². The van der Waals surface area contributed by atoms with Crippen molar-refractivity contribution >= 4 is 29.3 Å². The summed E-state index contributed by atoms with van der Waals surface area (Å²) in [5.41, 5.74) is -9.17. The van der Waals surface area contributed by atoms with Gasteiger partial charge in [0.15, 0.2) is 5.78 Å². The number of thioether (sulfide) groups is 2. The monoisotopic (exact) mass is 284 g/mol. The van der Waals surface area contributed by atoms with Gasteiger partial charge in [-0.25, -0.2) is 0 Å². The smallest absolute Gasteiger partial charge is 0.297 e. The summed E-state index contributed by atoms with van der Waals surface area (Å²) in [6.07, 6.45) is -0.312. The van der Waals surface area contributed by atoms with E-state index in [4.69, 9.17) is 0 Å². The minimum Gasteiger partial charge on any atom is -0.297 e. The Morgan fingerprint density at radius 3 is 1.44 bits per heavy atom. The maximum atomic E-state index is 11.9. The maximum absolute atomic E-state index is 11.9. The highest BCUT2D eigenvalue weighted by atomic mass is 32.2. The number of Topliss-reactive ketones (excluding diaryl/α,β-unsaturated/α-hetero) is 1. The highest BCUT2D eigenvalue weighted by Gasteiger charge is 2.46. The van der Waals surface area contributed by atoms with Crippen LogP contribution >= 0.6 is 23.5 Å². The zero-order chi connectivity index (χ0) is 12.6. The van der Waals surface area contributed by atoms with Crippen molar-refractivity contribution < 1.29 is 31.1 Å². The molecule has 0 heterocycles. The molecule has 0 N–H and O–H groups in total. The van der Waals surface area contributed by atoms with Gasteiger partial charge in [0.25, 0.3) is 0 Å². The molecule has 0 spiro atoms. The zero-order valence-corrected chi connectivity index (χ0v) is 9.19. The average molecular weight is 284 g/mol. The number of rotatable bonds is 2. The first-order valence-electron chi connectivity index (χ1n) is 4.11. The maximum Gasteiger partial charge on any atom is 0.442 e. The number of hydrogen-bond acceptors (Lipinski definition) is 3. The van der Waals surface area contributed by atoms with E-state index in [-0.39, 0.29) is 12.8 Å². The lowest BCUT2D eigenvalue weighted by atomic mass is 10.3. The summed E-state index contributed by atoms with van der Waals surface area (Å²) in [6, 6.07) is 0. The first kappa shape index (κ1) is 14.0. The van der Waals surface area contributed by atoms with Crippen LogP contribution in [0.5, 0.6) is 0 Å². The largest absolute Gasteiger partial charge is 0.442 e. The third-order valence-corrected chi connectivity index (χ3v) is 3.92. The molecule has 1 aliphatic carbocycles. The van der Waals surface area contributed by atoms with Gasteiger partial charge in [-0.1, -0.05) is 0 Å². The summed E-state index contributed by atoms with van der Waals surface area (Å²) in [7, 11) is 0. The fraction of sp³-hybridized carbons (Fsp3) is 0.857. The fourth-order valence-electron chi connectivity index (χ4n) is 1.35. The molecular weight excluding hydrogens is 278 g/mol. The first-order valence-corrected chi connectivity index (χ1v) is 5.87. The molecule has 9 heteroatoms. The Balaban J connectivity index is 2.55. The Hall–Kier alpha value is -0.0500. The van der Waals surface area contributed by atoms with Gasteiger partial charge in [-0.2, -0.15) is 26.3 Å². The van der Waals surface area contributed by atoms with Crippen molar-refractivity contribution in [3.63, 3.8) is 0 Å². The van der Waals surface area contributed by atoms with Crippen LogP contribution in [0.1, 0.15) is 12.8 Å². The van der Waals surface area contributed by atoms with E-state index in [0.29, 0.717) is 0 Å². The van der Waals surface area contributed by atoms with Crippen molar-refractivity contribution in [2.45, 2.75) is 34.4 Å². The van der Waals surface area contributed by atoms with Gasteiger partial charge in [0.05, 0.1) is 10.5 Å². The first-order chi connectivity index (χ1) is 7.08. The summed E-state index contributed by atoms with van der Waals surface area (Å²) in [5.74, 6) is -0.968. The molecule has 0 aromatic carbocycles. The van der Waals surface area contributed by atoms with Crippen LogP contribution in [0.3, 0.4) is 0 Å². The summed E-state index contributed by atoms with van der Waals surface area (Å²) < 4.78 is 71.6. The predicted octanol–water partition coefficient (Wildman–Crippen LogP) is 3.59. The molecule has 0 bridgehead atoms. The van der Waals surface area contributed by atoms with Gasteiger partial charge < -0.3 is 0 Å². The van der Waals surface area contributed by atoms with Crippen molar-refractivity contribution in [1.29, 1.82) is 0 Å². The highest BCUT2D eigenvalue weighted by Crippen LogP contribution is 2.45. The van der Waals surface area contributed by atoms with Crippen molar-refractivity contribution in [2.75, 3.05) is 0 Å². The molecule has 0 saturated heterocycles. The van der Waals surface area contributed by atoms with Gasteiger partial charge in [-0.15, -0.1) is 0 Å². The van der Waals surface area contributed by atoms with E-state index in [9.17, 15) is 31.1 Å². The molecular formula is C7H6F6OS2. The minimum absolute atomic E-state index is 0.156. The topological polar surface area (TPSA) is 17.1 Å². The molecule has 1 aliphatic rings. The molecule has 1 fully saturated rings. The minimum atomic E-state index is -4.59. The van der Waals surface area contributed by atoms with Gasteiger partial charge in [0, 0.05) is 0 Å². The van der Waals surface area contributed by atoms with Crippen LogP contribution in [0.25, 0.3) is 0 Å². The van der Waals surface area contributed by atoms with E-state index in [1.807, 2.05) is 0 Å². The third kappa shape index (κ3) is 4.44. The van der Waals surface area contributed by atoms with Crippen molar-refractivity contribution in [1.82, 2.24) is 0 Å². The summed E-state index contributed by atoms with van der Waals surface area (Å²) in [4.78, 5) is 11.2. The highest BCUT2D eigenvalue weighted by molar-refractivity contribution is 8.03. The molecule has 0 radical (unpaired) electrons. The van der Waals surface area contributed by atoms with Gasteiger partial charge in [0.1, 0.15) is 0 Å². The van der Waals surface area contributed by atoms with E-state index in [0.717, 1.165) is 0 Å². The number of carbonyl (C=O) groups is 1. The Bertz CT molecular complexity index is 247. The molecule has 0 aliphatic heterocycles. The van der Waals surface area contributed by atoms with E-state index < -0.39 is 50.8 Å². The molecule has 1 nitrogen and oxygen atoms in total. The molecule has 16 heavy (non-hydrogen) atoms. The van der Waals surface area contributed by atoms with Gasteiger partial charge >= 0.3 is 11.0 Å². The standard InChI is InChI=1S/C7H6F6OS2/c8-6(9,10)15-3-1-2-4(5(3)14)16-7(11,12)13/h3-4H,1-2H2. The zero-order valence-electron chi connectivity index (χ0n) is 7.56. The molecule has 1 rings (SSSR count). The number of ketones is 1. The predicted molar refractivity (Wildman–Crippen MR) is 49.1 cm³/mol. The van der Waals surface area contributed by atoms with Crippen LogP contribution in [0.15, 0.2) is 0 Å². The number of alkyl halides is 6. The second-order valence-corrected chi connectivity index (χ2v) is 5.62. The lowest BCUT2D eigenvalue weighted by molar-refractivity contribution is -0.117. The van der Waals surface area contributed by atoms with Crippen molar-refractivity contribution in [2.24, 2.45) is 0 Å².